The van der Waals surface area contributed by atoms with Crippen LogP contribution in [0, 0.1) is 0 Å². The van der Waals surface area contributed by atoms with Gasteiger partial charge in [-0.3, -0.25) is 9.20 Å². The highest BCUT2D eigenvalue weighted by Gasteiger charge is 2.34. The maximum Gasteiger partial charge on any atom is 0.270 e. The van der Waals surface area contributed by atoms with Crippen LogP contribution in [-0.4, -0.2) is 36.9 Å². The van der Waals surface area contributed by atoms with Crippen LogP contribution in [0.2, 0.25) is 0 Å². The molecule has 0 radical (unpaired) electrons. The Morgan fingerprint density at radius 1 is 1.19 bits per heavy atom. The van der Waals surface area contributed by atoms with Crippen molar-refractivity contribution < 1.29 is 4.79 Å². The molecule has 5 rings (SSSR count). The summed E-state index contributed by atoms with van der Waals surface area (Å²) in [7, 11) is 0. The van der Waals surface area contributed by atoms with Crippen LogP contribution in [0.25, 0.3) is 16.6 Å². The van der Waals surface area contributed by atoms with Gasteiger partial charge in [0.05, 0.1) is 6.04 Å². The number of H-pyrrole nitrogens is 1. The van der Waals surface area contributed by atoms with E-state index in [4.69, 9.17) is 0 Å². The number of carbonyl (C=O) groups excluding carboxylic acids is 1. The summed E-state index contributed by atoms with van der Waals surface area (Å²) < 4.78 is 2.97. The number of benzene rings is 1. The van der Waals surface area contributed by atoms with Crippen molar-refractivity contribution in [2.24, 2.45) is 0 Å². The van der Waals surface area contributed by atoms with E-state index in [0.29, 0.717) is 5.69 Å². The molecule has 4 aromatic rings. The third-order valence-corrected chi connectivity index (χ3v) is 5.46. The predicted molar refractivity (Wildman–Crippen MR) is 102 cm³/mol. The molecule has 0 spiro atoms. The molecule has 0 bridgehead atoms. The van der Waals surface area contributed by atoms with Gasteiger partial charge in [0.2, 0.25) is 0 Å². The lowest BCUT2D eigenvalue weighted by Gasteiger charge is -2.22. The summed E-state index contributed by atoms with van der Waals surface area (Å²) in [5.41, 5.74) is 2.37. The number of nitrogens with zero attached hydrogens (tertiary/aromatic N) is 4. The van der Waals surface area contributed by atoms with Crippen molar-refractivity contribution in [2.75, 3.05) is 6.54 Å². The Morgan fingerprint density at radius 2 is 2.12 bits per heavy atom. The van der Waals surface area contributed by atoms with E-state index in [9.17, 15) is 4.79 Å². The third-order valence-electron chi connectivity index (χ3n) is 4.97. The molecule has 26 heavy (non-hydrogen) atoms. The van der Waals surface area contributed by atoms with Crippen molar-refractivity contribution in [3.05, 3.63) is 64.7 Å². The first-order valence-electron chi connectivity index (χ1n) is 8.59. The number of halogens is 1. The van der Waals surface area contributed by atoms with E-state index >= 15 is 0 Å². The minimum atomic E-state index is -0.0574. The van der Waals surface area contributed by atoms with Crippen LogP contribution >= 0.6 is 15.9 Å². The van der Waals surface area contributed by atoms with Crippen LogP contribution in [-0.2, 0) is 0 Å². The first-order chi connectivity index (χ1) is 12.7. The summed E-state index contributed by atoms with van der Waals surface area (Å²) in [5, 5.41) is 9.62. The molecule has 1 saturated heterocycles. The van der Waals surface area contributed by atoms with Gasteiger partial charge in [-0.15, -0.1) is 10.2 Å². The molecular weight excluding hydrogens is 394 g/mol. The number of hydrogen-bond acceptors (Lipinski definition) is 3. The van der Waals surface area contributed by atoms with E-state index in [-0.39, 0.29) is 11.9 Å². The number of fused-ring (bicyclic) bond motifs is 2. The lowest BCUT2D eigenvalue weighted by Crippen LogP contribution is -2.31. The Labute approximate surface area is 158 Å². The number of amides is 1. The van der Waals surface area contributed by atoms with Gasteiger partial charge in [0.25, 0.3) is 5.91 Å². The highest BCUT2D eigenvalue weighted by atomic mass is 79.9. The number of pyridine rings is 1. The van der Waals surface area contributed by atoms with E-state index in [0.717, 1.165) is 46.2 Å². The van der Waals surface area contributed by atoms with E-state index in [1.807, 2.05) is 58.0 Å². The number of likely N-dealkylation sites (tertiary alicyclic amines) is 1. The number of hydrogen-bond donors (Lipinski definition) is 1. The van der Waals surface area contributed by atoms with E-state index in [1.165, 1.54) is 0 Å². The molecule has 1 unspecified atom stereocenters. The fraction of sp³-hybridized carbons (Fsp3) is 0.211. The van der Waals surface area contributed by atoms with Crippen LogP contribution in [0.5, 0.6) is 0 Å². The van der Waals surface area contributed by atoms with Gasteiger partial charge in [0.15, 0.2) is 11.5 Å². The zero-order valence-electron chi connectivity index (χ0n) is 13.9. The number of aromatic amines is 1. The number of rotatable bonds is 2. The SMILES string of the molecule is O=C(c1cc2cc(Br)ccc2[nH]1)N1CCCC1c1nnc2ccccn12. The van der Waals surface area contributed by atoms with Crippen molar-refractivity contribution in [2.45, 2.75) is 18.9 Å². The summed E-state index contributed by atoms with van der Waals surface area (Å²) in [6.45, 7) is 0.726. The van der Waals surface area contributed by atoms with Gasteiger partial charge in [0, 0.05) is 28.1 Å². The van der Waals surface area contributed by atoms with E-state index < -0.39 is 0 Å². The van der Waals surface area contributed by atoms with E-state index in [2.05, 4.69) is 31.1 Å². The van der Waals surface area contributed by atoms with Crippen molar-refractivity contribution in [1.29, 1.82) is 0 Å². The van der Waals surface area contributed by atoms with Crippen molar-refractivity contribution in [3.63, 3.8) is 0 Å². The Hall–Kier alpha value is -2.67. The molecule has 4 heterocycles. The Balaban J connectivity index is 1.52. The number of nitrogens with one attached hydrogen (secondary N) is 1. The average molecular weight is 410 g/mol. The summed E-state index contributed by atoms with van der Waals surface area (Å²) in [4.78, 5) is 18.3. The molecule has 0 aliphatic carbocycles. The minimum absolute atomic E-state index is 0.00695. The van der Waals surface area contributed by atoms with Crippen LogP contribution in [0.1, 0.15) is 35.2 Å². The largest absolute Gasteiger partial charge is 0.351 e. The molecule has 1 N–H and O–H groups in total. The van der Waals surface area contributed by atoms with Crippen LogP contribution in [0.15, 0.2) is 53.1 Å². The number of aromatic nitrogens is 4. The standard InChI is InChI=1S/C19H16BrN5O/c20-13-6-7-14-12(10-13)11-15(21-14)19(26)24-9-3-4-16(24)18-23-22-17-5-1-2-8-25(17)18/h1-2,5-8,10-11,16,21H,3-4,9H2. The van der Waals surface area contributed by atoms with Gasteiger partial charge < -0.3 is 9.88 Å². The fourth-order valence-electron chi connectivity index (χ4n) is 3.74. The second kappa shape index (κ2) is 5.95. The second-order valence-corrected chi connectivity index (χ2v) is 7.47. The highest BCUT2D eigenvalue weighted by Crippen LogP contribution is 2.33. The number of carbonyl (C=O) groups is 1. The molecule has 1 aliphatic rings. The Morgan fingerprint density at radius 3 is 3.04 bits per heavy atom. The molecule has 1 aromatic carbocycles. The van der Waals surface area contributed by atoms with Gasteiger partial charge in [-0.2, -0.15) is 0 Å². The van der Waals surface area contributed by atoms with Gasteiger partial charge in [-0.1, -0.05) is 22.0 Å². The second-order valence-electron chi connectivity index (χ2n) is 6.56. The quantitative estimate of drug-likeness (QED) is 0.544. The zero-order chi connectivity index (χ0) is 17.7. The monoisotopic (exact) mass is 409 g/mol. The predicted octanol–water partition coefficient (Wildman–Crippen LogP) is 3.95. The van der Waals surface area contributed by atoms with E-state index in [1.54, 1.807) is 0 Å². The zero-order valence-corrected chi connectivity index (χ0v) is 15.5. The van der Waals surface area contributed by atoms with Crippen molar-refractivity contribution in [1.82, 2.24) is 24.5 Å². The molecule has 1 fully saturated rings. The normalized spacial score (nSPS) is 17.4. The van der Waals surface area contributed by atoms with Gasteiger partial charge in [-0.25, -0.2) is 0 Å². The topological polar surface area (TPSA) is 66.3 Å². The first-order valence-corrected chi connectivity index (χ1v) is 9.39. The molecule has 1 aliphatic heterocycles. The Kier molecular flexibility index (Phi) is 3.56. The molecular formula is C19H16BrN5O. The molecule has 1 amide bonds. The minimum Gasteiger partial charge on any atom is -0.351 e. The van der Waals surface area contributed by atoms with Gasteiger partial charge in [0.1, 0.15) is 5.69 Å². The Bertz CT molecular complexity index is 1130. The fourth-order valence-corrected chi connectivity index (χ4v) is 4.12. The van der Waals surface area contributed by atoms with Crippen molar-refractivity contribution >= 4 is 38.4 Å². The molecule has 1 atom stereocenters. The van der Waals surface area contributed by atoms with Gasteiger partial charge >= 0.3 is 0 Å². The third kappa shape index (κ3) is 2.42. The smallest absolute Gasteiger partial charge is 0.270 e. The maximum absolute atomic E-state index is 13.2. The van der Waals surface area contributed by atoms with Crippen LogP contribution < -0.4 is 0 Å². The molecule has 7 heteroatoms. The van der Waals surface area contributed by atoms with Gasteiger partial charge in [-0.05, 0) is 49.2 Å². The lowest BCUT2D eigenvalue weighted by atomic mass is 10.2. The lowest BCUT2D eigenvalue weighted by molar-refractivity contribution is 0.0724. The molecule has 6 nitrogen and oxygen atoms in total. The van der Waals surface area contributed by atoms with Crippen molar-refractivity contribution in [3.8, 4) is 0 Å². The van der Waals surface area contributed by atoms with Crippen LogP contribution in [0.3, 0.4) is 0 Å². The van der Waals surface area contributed by atoms with Crippen LogP contribution in [0.4, 0.5) is 0 Å². The maximum atomic E-state index is 13.2. The molecule has 0 saturated carbocycles. The highest BCUT2D eigenvalue weighted by molar-refractivity contribution is 9.10. The summed E-state index contributed by atoms with van der Waals surface area (Å²) in [6, 6.07) is 13.6. The summed E-state index contributed by atoms with van der Waals surface area (Å²) in [6.07, 6.45) is 3.81. The average Bonchev–Trinajstić information content (AvgIpc) is 3.37. The molecule has 3 aromatic heterocycles. The first kappa shape index (κ1) is 15.6. The summed E-state index contributed by atoms with van der Waals surface area (Å²) >= 11 is 3.48. The summed E-state index contributed by atoms with van der Waals surface area (Å²) in [5.74, 6) is 0.831. The molecule has 130 valence electrons.